The lowest BCUT2D eigenvalue weighted by atomic mass is 10.0. The molecule has 0 atom stereocenters. The van der Waals surface area contributed by atoms with E-state index in [9.17, 15) is 9.59 Å². The zero-order chi connectivity index (χ0) is 21.0. The highest BCUT2D eigenvalue weighted by molar-refractivity contribution is 5.86. The molecule has 8 heteroatoms. The Morgan fingerprint density at radius 2 is 1.80 bits per heavy atom. The largest absolute Gasteiger partial charge is 0.329 e. The second-order valence-electron chi connectivity index (χ2n) is 7.47. The van der Waals surface area contributed by atoms with Crippen molar-refractivity contribution < 1.29 is 0 Å². The lowest BCUT2D eigenvalue weighted by Crippen LogP contribution is -2.29. The van der Waals surface area contributed by atoms with Crippen LogP contribution in [0.1, 0.15) is 17.0 Å². The fraction of sp³-hybridized carbons (Fsp3) is 0.182. The Kier molecular flexibility index (Phi) is 3.95. The van der Waals surface area contributed by atoms with Gasteiger partial charge in [0.1, 0.15) is 0 Å². The van der Waals surface area contributed by atoms with Crippen LogP contribution in [0.15, 0.2) is 58.1 Å². The first-order chi connectivity index (χ1) is 14.4. The van der Waals surface area contributed by atoms with Crippen LogP contribution in [0.5, 0.6) is 0 Å². The zero-order valence-electron chi connectivity index (χ0n) is 16.9. The summed E-state index contributed by atoms with van der Waals surface area (Å²) in [7, 11) is 1.60. The summed E-state index contributed by atoms with van der Waals surface area (Å²) in [6.45, 7) is 4.25. The first kappa shape index (κ1) is 18.1. The van der Waals surface area contributed by atoms with Crippen molar-refractivity contribution in [1.82, 2.24) is 28.9 Å². The molecule has 0 spiro atoms. The third-order valence-corrected chi connectivity index (χ3v) is 5.39. The Balaban J connectivity index is 1.85. The van der Waals surface area contributed by atoms with Crippen molar-refractivity contribution in [2.75, 3.05) is 0 Å². The van der Waals surface area contributed by atoms with E-state index in [0.29, 0.717) is 23.7 Å². The van der Waals surface area contributed by atoms with E-state index < -0.39 is 11.2 Å². The molecule has 150 valence electrons. The summed E-state index contributed by atoms with van der Waals surface area (Å²) in [6.07, 6.45) is 0. The highest BCUT2D eigenvalue weighted by Gasteiger charge is 2.21. The van der Waals surface area contributed by atoms with E-state index in [1.165, 1.54) is 4.57 Å². The number of aromatic nitrogens is 6. The smallest absolute Gasteiger partial charge is 0.298 e. The number of imidazole rings is 1. The van der Waals surface area contributed by atoms with Crippen molar-refractivity contribution in [3.05, 3.63) is 86.3 Å². The van der Waals surface area contributed by atoms with Gasteiger partial charge in [-0.15, -0.1) is 0 Å². The van der Waals surface area contributed by atoms with Crippen molar-refractivity contribution in [1.29, 1.82) is 0 Å². The van der Waals surface area contributed by atoms with Crippen LogP contribution in [0.25, 0.3) is 27.9 Å². The second kappa shape index (κ2) is 6.55. The summed E-state index contributed by atoms with van der Waals surface area (Å²) < 4.78 is 4.89. The quantitative estimate of drug-likeness (QED) is 0.504. The second-order valence-corrected chi connectivity index (χ2v) is 7.47. The molecular weight excluding hydrogens is 380 g/mol. The normalized spacial score (nSPS) is 11.6. The third-order valence-electron chi connectivity index (χ3n) is 5.39. The number of fused-ring (bicyclic) bond motifs is 2. The number of nitrogens with zero attached hydrogens (tertiary/aromatic N) is 5. The monoisotopic (exact) mass is 400 g/mol. The van der Waals surface area contributed by atoms with Crippen LogP contribution in [-0.4, -0.2) is 28.9 Å². The summed E-state index contributed by atoms with van der Waals surface area (Å²) in [4.78, 5) is 32.0. The van der Waals surface area contributed by atoms with Gasteiger partial charge in [0.2, 0.25) is 5.95 Å². The Morgan fingerprint density at radius 1 is 1.03 bits per heavy atom. The summed E-state index contributed by atoms with van der Waals surface area (Å²) >= 11 is 0. The number of aryl methyl sites for hydroxylation is 3. The van der Waals surface area contributed by atoms with Gasteiger partial charge in [-0.2, -0.15) is 10.1 Å². The Morgan fingerprint density at radius 3 is 2.57 bits per heavy atom. The molecular formula is C22H20N6O2. The Bertz CT molecular complexity index is 1540. The molecule has 1 N–H and O–H groups in total. The maximum absolute atomic E-state index is 12.8. The lowest BCUT2D eigenvalue weighted by molar-refractivity contribution is 0.703. The molecule has 0 aliphatic carbocycles. The minimum atomic E-state index is -0.498. The Hall–Kier alpha value is -3.94. The molecule has 0 aliphatic rings. The fourth-order valence-electron chi connectivity index (χ4n) is 3.97. The molecule has 3 heterocycles. The molecule has 0 fully saturated rings. The average Bonchev–Trinajstić information content (AvgIpc) is 3.26. The van der Waals surface area contributed by atoms with Crippen LogP contribution in [0.2, 0.25) is 0 Å². The number of aromatic amines is 1. The van der Waals surface area contributed by atoms with Crippen molar-refractivity contribution in [2.45, 2.75) is 20.4 Å². The van der Waals surface area contributed by atoms with E-state index in [-0.39, 0.29) is 0 Å². The predicted octanol–water partition coefficient (Wildman–Crippen LogP) is 2.43. The lowest BCUT2D eigenvalue weighted by Gasteiger charge is -2.12. The molecule has 8 nitrogen and oxygen atoms in total. The Labute approximate surface area is 171 Å². The standard InChI is InChI=1S/C22H20N6O2/c1-13-11-14(2)28(25-13)21-23-19-18(20(29)24-22(30)26(19)3)27(21)12-16-9-6-8-15-7-4-5-10-17(15)16/h4-11H,12H2,1-3H3,(H,24,29,30). The molecule has 30 heavy (non-hydrogen) atoms. The minimum Gasteiger partial charge on any atom is -0.298 e. The maximum atomic E-state index is 12.8. The molecule has 0 saturated heterocycles. The van der Waals surface area contributed by atoms with Crippen LogP contribution in [-0.2, 0) is 13.6 Å². The molecule has 3 aromatic heterocycles. The van der Waals surface area contributed by atoms with Crippen molar-refractivity contribution in [2.24, 2.45) is 7.05 Å². The van der Waals surface area contributed by atoms with Crippen LogP contribution >= 0.6 is 0 Å². The molecule has 0 amide bonds. The van der Waals surface area contributed by atoms with Gasteiger partial charge in [0.05, 0.1) is 12.2 Å². The number of hydrogen-bond donors (Lipinski definition) is 1. The van der Waals surface area contributed by atoms with E-state index in [2.05, 4.69) is 33.3 Å². The van der Waals surface area contributed by atoms with E-state index in [0.717, 1.165) is 27.7 Å². The average molecular weight is 400 g/mol. The van der Waals surface area contributed by atoms with Gasteiger partial charge in [0, 0.05) is 12.7 Å². The SMILES string of the molecule is Cc1cc(C)n(-c2nc3c(c(=O)[nH]c(=O)n3C)n2Cc2cccc3ccccc23)n1. The first-order valence-electron chi connectivity index (χ1n) is 9.64. The zero-order valence-corrected chi connectivity index (χ0v) is 16.9. The van der Waals surface area contributed by atoms with E-state index in [1.54, 1.807) is 11.7 Å². The molecule has 0 unspecified atom stereocenters. The van der Waals surface area contributed by atoms with Gasteiger partial charge < -0.3 is 0 Å². The summed E-state index contributed by atoms with van der Waals surface area (Å²) in [5.74, 6) is 0.496. The first-order valence-corrected chi connectivity index (χ1v) is 9.64. The van der Waals surface area contributed by atoms with E-state index in [4.69, 9.17) is 0 Å². The van der Waals surface area contributed by atoms with Gasteiger partial charge in [0.25, 0.3) is 5.56 Å². The summed E-state index contributed by atoms with van der Waals surface area (Å²) in [5, 5.41) is 6.77. The molecule has 0 radical (unpaired) electrons. The molecule has 0 bridgehead atoms. The molecule has 5 rings (SSSR count). The number of benzene rings is 2. The molecule has 5 aromatic rings. The van der Waals surface area contributed by atoms with Crippen LogP contribution in [0, 0.1) is 13.8 Å². The van der Waals surface area contributed by atoms with Gasteiger partial charge in [-0.1, -0.05) is 42.5 Å². The van der Waals surface area contributed by atoms with Crippen LogP contribution in [0.4, 0.5) is 0 Å². The van der Waals surface area contributed by atoms with Crippen molar-refractivity contribution in [3.8, 4) is 5.95 Å². The number of H-pyrrole nitrogens is 1. The van der Waals surface area contributed by atoms with Crippen molar-refractivity contribution in [3.63, 3.8) is 0 Å². The predicted molar refractivity (Wildman–Crippen MR) is 115 cm³/mol. The fourth-order valence-corrected chi connectivity index (χ4v) is 3.97. The number of nitrogens with one attached hydrogen (secondary N) is 1. The van der Waals surface area contributed by atoms with Crippen LogP contribution in [0.3, 0.4) is 0 Å². The molecule has 0 saturated carbocycles. The molecule has 0 aliphatic heterocycles. The van der Waals surface area contributed by atoms with Crippen molar-refractivity contribution >= 4 is 21.9 Å². The number of hydrogen-bond acceptors (Lipinski definition) is 4. The summed E-state index contributed by atoms with van der Waals surface area (Å²) in [5.41, 5.74) is 2.49. The third kappa shape index (κ3) is 2.68. The molecule has 2 aromatic carbocycles. The van der Waals surface area contributed by atoms with Gasteiger partial charge in [-0.3, -0.25) is 18.9 Å². The van der Waals surface area contributed by atoms with Gasteiger partial charge in [0.15, 0.2) is 11.2 Å². The van der Waals surface area contributed by atoms with Gasteiger partial charge in [-0.25, -0.2) is 9.48 Å². The highest BCUT2D eigenvalue weighted by Crippen LogP contribution is 2.23. The van der Waals surface area contributed by atoms with Gasteiger partial charge in [-0.05, 0) is 36.2 Å². The van der Waals surface area contributed by atoms with E-state index in [1.807, 2.05) is 48.7 Å². The van der Waals surface area contributed by atoms with Crippen LogP contribution < -0.4 is 11.2 Å². The maximum Gasteiger partial charge on any atom is 0.329 e. The highest BCUT2D eigenvalue weighted by atomic mass is 16.2. The summed E-state index contributed by atoms with van der Waals surface area (Å²) in [6, 6.07) is 16.2. The van der Waals surface area contributed by atoms with Gasteiger partial charge >= 0.3 is 5.69 Å². The van der Waals surface area contributed by atoms with E-state index >= 15 is 0 Å². The topological polar surface area (TPSA) is 90.5 Å². The number of rotatable bonds is 3. The minimum absolute atomic E-state index is 0.325.